The van der Waals surface area contributed by atoms with Gasteiger partial charge in [-0.15, -0.1) is 0 Å². The molecule has 3 saturated heterocycles. The van der Waals surface area contributed by atoms with Crippen LogP contribution in [-0.4, -0.2) is 97.5 Å². The number of amides is 3. The Morgan fingerprint density at radius 3 is 1.89 bits per heavy atom. The van der Waals surface area contributed by atoms with E-state index in [4.69, 9.17) is 14.2 Å². The van der Waals surface area contributed by atoms with E-state index in [0.29, 0.717) is 78.4 Å². The van der Waals surface area contributed by atoms with E-state index in [9.17, 15) is 14.4 Å². The Kier molecular flexibility index (Phi) is 5.46. The molecule has 4 rings (SSSR count). The molecule has 4 fully saturated rings. The lowest BCUT2D eigenvalue weighted by molar-refractivity contribution is -0.187. The topological polar surface area (TPSA) is 88.6 Å². The third-order valence-corrected chi connectivity index (χ3v) is 6.19. The van der Waals surface area contributed by atoms with Crippen molar-refractivity contribution in [2.75, 3.05) is 59.1 Å². The minimum Gasteiger partial charge on any atom is -0.450 e. The monoisotopic (exact) mass is 395 g/mol. The summed E-state index contributed by atoms with van der Waals surface area (Å²) in [6.07, 6.45) is 1.69. The maximum Gasteiger partial charge on any atom is 0.409 e. The van der Waals surface area contributed by atoms with Crippen LogP contribution < -0.4 is 0 Å². The molecule has 1 aliphatic carbocycles. The Morgan fingerprint density at radius 2 is 1.36 bits per heavy atom. The van der Waals surface area contributed by atoms with Crippen molar-refractivity contribution in [3.63, 3.8) is 0 Å². The molecule has 9 heteroatoms. The van der Waals surface area contributed by atoms with Crippen molar-refractivity contribution in [3.8, 4) is 0 Å². The average molecular weight is 395 g/mol. The molecule has 0 bridgehead atoms. The molecule has 2 unspecified atom stereocenters. The zero-order valence-electron chi connectivity index (χ0n) is 16.4. The van der Waals surface area contributed by atoms with Crippen LogP contribution in [0.3, 0.4) is 0 Å². The van der Waals surface area contributed by atoms with Gasteiger partial charge in [0.05, 0.1) is 31.7 Å². The Hall–Kier alpha value is -1.87. The second kappa shape index (κ2) is 7.87. The fraction of sp³-hybridized carbons (Fsp3) is 0.842. The van der Waals surface area contributed by atoms with Gasteiger partial charge in [-0.3, -0.25) is 9.59 Å². The molecule has 2 atom stereocenters. The molecule has 1 saturated carbocycles. The maximum atomic E-state index is 12.8. The molecule has 9 nitrogen and oxygen atoms in total. The van der Waals surface area contributed by atoms with Crippen molar-refractivity contribution in [3.05, 3.63) is 0 Å². The Bertz CT molecular complexity index is 617. The van der Waals surface area contributed by atoms with Gasteiger partial charge in [-0.05, 0) is 13.3 Å². The smallest absolute Gasteiger partial charge is 0.409 e. The molecule has 0 aromatic rings. The molecule has 1 spiro atoms. The van der Waals surface area contributed by atoms with Crippen LogP contribution in [0.25, 0.3) is 0 Å². The van der Waals surface area contributed by atoms with Crippen LogP contribution in [0, 0.1) is 11.8 Å². The number of piperidine rings is 1. The highest BCUT2D eigenvalue weighted by Gasteiger charge is 2.52. The first kappa shape index (κ1) is 19.4. The molecule has 0 aromatic carbocycles. The molecule has 3 aliphatic heterocycles. The van der Waals surface area contributed by atoms with Gasteiger partial charge >= 0.3 is 6.09 Å². The third-order valence-electron chi connectivity index (χ3n) is 6.19. The first-order chi connectivity index (χ1) is 13.5. The molecular formula is C19H29N3O6. The average Bonchev–Trinajstić information content (AvgIpc) is 3.40. The maximum absolute atomic E-state index is 12.8. The fourth-order valence-corrected chi connectivity index (χ4v) is 4.39. The van der Waals surface area contributed by atoms with Crippen molar-refractivity contribution in [1.29, 1.82) is 0 Å². The normalized spacial score (nSPS) is 29.1. The summed E-state index contributed by atoms with van der Waals surface area (Å²) in [4.78, 5) is 42.5. The minimum atomic E-state index is -0.492. The van der Waals surface area contributed by atoms with Gasteiger partial charge in [0.1, 0.15) is 0 Å². The molecule has 3 heterocycles. The highest BCUT2D eigenvalue weighted by Crippen LogP contribution is 2.42. The summed E-state index contributed by atoms with van der Waals surface area (Å²) < 4.78 is 16.4. The first-order valence-electron chi connectivity index (χ1n) is 10.3. The van der Waals surface area contributed by atoms with Gasteiger partial charge in [-0.2, -0.15) is 0 Å². The van der Waals surface area contributed by atoms with Crippen LogP contribution in [0.5, 0.6) is 0 Å². The lowest BCUT2D eigenvalue weighted by Gasteiger charge is -2.37. The third kappa shape index (κ3) is 3.82. The largest absolute Gasteiger partial charge is 0.450 e. The number of rotatable bonds is 3. The highest BCUT2D eigenvalue weighted by atomic mass is 16.7. The van der Waals surface area contributed by atoms with E-state index < -0.39 is 5.79 Å². The number of ether oxygens (including phenoxy) is 3. The Morgan fingerprint density at radius 1 is 0.857 bits per heavy atom. The molecule has 4 aliphatic rings. The summed E-state index contributed by atoms with van der Waals surface area (Å²) in [7, 11) is 0. The number of hydrogen-bond acceptors (Lipinski definition) is 6. The van der Waals surface area contributed by atoms with Crippen LogP contribution in [0.2, 0.25) is 0 Å². The second-order valence-electron chi connectivity index (χ2n) is 7.89. The lowest BCUT2D eigenvalue weighted by atomic mass is 10.0. The van der Waals surface area contributed by atoms with Gasteiger partial charge in [0.15, 0.2) is 5.79 Å². The first-order valence-corrected chi connectivity index (χ1v) is 10.3. The van der Waals surface area contributed by atoms with Crippen molar-refractivity contribution in [1.82, 2.24) is 14.7 Å². The number of carbonyl (C=O) groups excluding carboxylic acids is 3. The van der Waals surface area contributed by atoms with E-state index in [1.165, 1.54) is 0 Å². The van der Waals surface area contributed by atoms with Gasteiger partial charge in [-0.25, -0.2) is 4.79 Å². The van der Waals surface area contributed by atoms with Gasteiger partial charge in [0.2, 0.25) is 11.8 Å². The van der Waals surface area contributed by atoms with Crippen LogP contribution in [0.15, 0.2) is 0 Å². The van der Waals surface area contributed by atoms with E-state index in [2.05, 4.69) is 0 Å². The summed E-state index contributed by atoms with van der Waals surface area (Å²) in [6.45, 7) is 6.55. The van der Waals surface area contributed by atoms with E-state index in [1.54, 1.807) is 16.7 Å². The summed E-state index contributed by atoms with van der Waals surface area (Å²) in [5.74, 6) is -0.783. The predicted octanol–water partition coefficient (Wildman–Crippen LogP) is 0.289. The van der Waals surface area contributed by atoms with Crippen LogP contribution in [0.4, 0.5) is 4.79 Å². The van der Waals surface area contributed by atoms with Crippen molar-refractivity contribution >= 4 is 17.9 Å². The molecular weight excluding hydrogens is 366 g/mol. The van der Waals surface area contributed by atoms with E-state index in [0.717, 1.165) is 0 Å². The van der Waals surface area contributed by atoms with Gasteiger partial charge in [0, 0.05) is 52.1 Å². The van der Waals surface area contributed by atoms with E-state index >= 15 is 0 Å². The standard InChI is InChI=1S/C19H29N3O6/c1-2-26-18(25)22-9-7-21(8-10-22)17(24)15-13-14(15)16(23)20-5-3-19(4-6-20)27-11-12-28-19/h14-15H,2-13H2,1H3. The number of hydrogen-bond donors (Lipinski definition) is 0. The van der Waals surface area contributed by atoms with E-state index in [1.807, 2.05) is 4.90 Å². The molecule has 0 N–H and O–H groups in total. The van der Waals surface area contributed by atoms with Crippen LogP contribution in [-0.2, 0) is 23.8 Å². The quantitative estimate of drug-likeness (QED) is 0.683. The van der Waals surface area contributed by atoms with Crippen molar-refractivity contribution in [2.45, 2.75) is 32.0 Å². The second-order valence-corrected chi connectivity index (χ2v) is 7.89. The summed E-state index contributed by atoms with van der Waals surface area (Å²) in [5.41, 5.74) is 0. The predicted molar refractivity (Wildman–Crippen MR) is 97.2 cm³/mol. The molecule has 28 heavy (non-hydrogen) atoms. The number of carbonyl (C=O) groups is 3. The Labute approximate surface area is 164 Å². The Balaban J connectivity index is 1.22. The molecule has 0 radical (unpaired) electrons. The van der Waals surface area contributed by atoms with Crippen LogP contribution in [0.1, 0.15) is 26.2 Å². The summed E-state index contributed by atoms with van der Waals surface area (Å²) >= 11 is 0. The zero-order chi connectivity index (χ0) is 19.7. The lowest BCUT2D eigenvalue weighted by Crippen LogP contribution is -2.51. The molecule has 3 amide bonds. The summed E-state index contributed by atoms with van der Waals surface area (Å²) in [6, 6.07) is 0. The number of piperazine rings is 1. The van der Waals surface area contributed by atoms with Gasteiger partial charge in [-0.1, -0.05) is 0 Å². The zero-order valence-corrected chi connectivity index (χ0v) is 16.4. The van der Waals surface area contributed by atoms with Crippen LogP contribution >= 0.6 is 0 Å². The SMILES string of the molecule is CCOC(=O)N1CCN(C(=O)C2CC2C(=O)N2CCC3(CC2)OCCO3)CC1. The molecule has 0 aromatic heterocycles. The minimum absolute atomic E-state index is 0.0396. The van der Waals surface area contributed by atoms with Crippen molar-refractivity contribution < 1.29 is 28.6 Å². The van der Waals surface area contributed by atoms with Gasteiger partial charge in [0.25, 0.3) is 0 Å². The number of nitrogens with zero attached hydrogens (tertiary/aromatic N) is 3. The fourth-order valence-electron chi connectivity index (χ4n) is 4.39. The van der Waals surface area contributed by atoms with Gasteiger partial charge < -0.3 is 28.9 Å². The molecule has 156 valence electrons. The highest BCUT2D eigenvalue weighted by molar-refractivity contribution is 5.92. The van der Waals surface area contributed by atoms with E-state index in [-0.39, 0.29) is 29.7 Å². The number of likely N-dealkylation sites (tertiary alicyclic amines) is 1. The summed E-state index contributed by atoms with van der Waals surface area (Å²) in [5, 5.41) is 0. The van der Waals surface area contributed by atoms with Crippen molar-refractivity contribution in [2.24, 2.45) is 11.8 Å².